The third kappa shape index (κ3) is 4.28. The van der Waals surface area contributed by atoms with Crippen LogP contribution < -0.4 is 5.73 Å². The molecule has 1 fully saturated rings. The van der Waals surface area contributed by atoms with Crippen molar-refractivity contribution in [2.75, 3.05) is 18.8 Å². The number of carbonyl (C=O) groups excluding carboxylic acids is 1. The molecule has 1 saturated heterocycles. The van der Waals surface area contributed by atoms with Crippen molar-refractivity contribution in [3.63, 3.8) is 0 Å². The molecule has 0 saturated carbocycles. The van der Waals surface area contributed by atoms with Gasteiger partial charge in [0.15, 0.2) is 0 Å². The van der Waals surface area contributed by atoms with E-state index in [-0.39, 0.29) is 6.09 Å². The number of benzene rings is 3. The number of likely N-dealkylation sites (tertiary alicyclic amines) is 1. The van der Waals surface area contributed by atoms with Gasteiger partial charge < -0.3 is 15.4 Å². The molecule has 0 aliphatic carbocycles. The van der Waals surface area contributed by atoms with Gasteiger partial charge in [-0.05, 0) is 69.4 Å². The number of imidazole rings is 1. The monoisotopic (exact) mass is 467 g/mol. The number of nitrogens with two attached hydrogens (primary N) is 1. The van der Waals surface area contributed by atoms with Crippen LogP contribution in [0.5, 0.6) is 0 Å². The predicted octanol–water partition coefficient (Wildman–Crippen LogP) is 5.75. The second kappa shape index (κ2) is 8.62. The molecule has 7 nitrogen and oxygen atoms in total. The van der Waals surface area contributed by atoms with E-state index in [2.05, 4.69) is 23.2 Å². The molecule has 2 heterocycles. The van der Waals surface area contributed by atoms with E-state index in [0.29, 0.717) is 30.5 Å². The number of amides is 1. The molecular weight excluding hydrogens is 438 g/mol. The van der Waals surface area contributed by atoms with Crippen molar-refractivity contribution in [3.8, 4) is 11.8 Å². The van der Waals surface area contributed by atoms with Gasteiger partial charge in [-0.15, -0.1) is 0 Å². The van der Waals surface area contributed by atoms with Gasteiger partial charge in [-0.25, -0.2) is 9.78 Å². The van der Waals surface area contributed by atoms with Gasteiger partial charge in [0.05, 0.1) is 28.4 Å². The number of ether oxygens (including phenoxy) is 1. The number of piperidine rings is 1. The summed E-state index contributed by atoms with van der Waals surface area (Å²) in [5.41, 5.74) is 10.4. The molecule has 178 valence electrons. The Morgan fingerprint density at radius 1 is 1.09 bits per heavy atom. The molecule has 0 spiro atoms. The SMILES string of the molecule is CC(C)(C)OC(=O)N1CCC(c2ccc3nc(N)n(-c4ccc(C#N)c5ccccc45)c3c2)CC1. The fourth-order valence-corrected chi connectivity index (χ4v) is 4.92. The van der Waals surface area contributed by atoms with Crippen molar-refractivity contribution in [2.24, 2.45) is 0 Å². The molecule has 35 heavy (non-hydrogen) atoms. The molecule has 0 radical (unpaired) electrons. The average molecular weight is 468 g/mol. The minimum atomic E-state index is -0.493. The van der Waals surface area contributed by atoms with Gasteiger partial charge in [0.25, 0.3) is 0 Å². The zero-order chi connectivity index (χ0) is 24.7. The number of fused-ring (bicyclic) bond motifs is 2. The Morgan fingerprint density at radius 3 is 2.49 bits per heavy atom. The first kappa shape index (κ1) is 22.7. The van der Waals surface area contributed by atoms with Crippen LogP contribution >= 0.6 is 0 Å². The van der Waals surface area contributed by atoms with E-state index < -0.39 is 5.60 Å². The highest BCUT2D eigenvalue weighted by atomic mass is 16.6. The third-order valence-electron chi connectivity index (χ3n) is 6.58. The van der Waals surface area contributed by atoms with Crippen molar-refractivity contribution in [2.45, 2.75) is 45.1 Å². The molecule has 1 amide bonds. The number of rotatable bonds is 2. The summed E-state index contributed by atoms with van der Waals surface area (Å²) in [6.07, 6.45) is 1.49. The van der Waals surface area contributed by atoms with E-state index in [1.807, 2.05) is 67.8 Å². The number of nitrogens with zero attached hydrogens (tertiary/aromatic N) is 4. The minimum absolute atomic E-state index is 0.245. The Morgan fingerprint density at radius 2 is 1.80 bits per heavy atom. The normalized spacial score (nSPS) is 14.9. The maximum Gasteiger partial charge on any atom is 0.410 e. The zero-order valence-corrected chi connectivity index (χ0v) is 20.3. The van der Waals surface area contributed by atoms with Crippen molar-refractivity contribution in [1.82, 2.24) is 14.5 Å². The summed E-state index contributed by atoms with van der Waals surface area (Å²) in [6, 6.07) is 20.2. The fraction of sp³-hybridized carbons (Fsp3) is 0.321. The zero-order valence-electron chi connectivity index (χ0n) is 20.3. The predicted molar refractivity (Wildman–Crippen MR) is 137 cm³/mol. The lowest BCUT2D eigenvalue weighted by Crippen LogP contribution is -2.41. The number of hydrogen-bond donors (Lipinski definition) is 1. The van der Waals surface area contributed by atoms with Crippen molar-refractivity contribution in [1.29, 1.82) is 5.26 Å². The second-order valence-corrected chi connectivity index (χ2v) is 10.1. The number of nitrogen functional groups attached to an aromatic ring is 1. The Bertz CT molecular complexity index is 1470. The van der Waals surface area contributed by atoms with E-state index in [4.69, 9.17) is 10.5 Å². The van der Waals surface area contributed by atoms with Crippen LogP contribution in [0.15, 0.2) is 54.6 Å². The van der Waals surface area contributed by atoms with E-state index in [1.54, 1.807) is 4.90 Å². The fourth-order valence-electron chi connectivity index (χ4n) is 4.92. The van der Waals surface area contributed by atoms with Crippen molar-refractivity contribution >= 4 is 33.8 Å². The number of carbonyl (C=O) groups is 1. The highest BCUT2D eigenvalue weighted by Gasteiger charge is 2.28. The van der Waals surface area contributed by atoms with Crippen LogP contribution in [0.4, 0.5) is 10.7 Å². The molecule has 0 unspecified atom stereocenters. The second-order valence-electron chi connectivity index (χ2n) is 10.1. The molecular formula is C28H29N5O2. The summed E-state index contributed by atoms with van der Waals surface area (Å²) in [5.74, 6) is 0.743. The Kier molecular flexibility index (Phi) is 5.60. The molecule has 7 heteroatoms. The molecule has 1 aromatic heterocycles. The van der Waals surface area contributed by atoms with Gasteiger partial charge in [0.1, 0.15) is 5.60 Å². The average Bonchev–Trinajstić information content (AvgIpc) is 3.17. The van der Waals surface area contributed by atoms with Crippen molar-refractivity contribution in [3.05, 3.63) is 65.7 Å². The Balaban J connectivity index is 1.48. The Hall–Kier alpha value is -4.05. The summed E-state index contributed by atoms with van der Waals surface area (Å²) < 4.78 is 7.51. The molecule has 3 aromatic carbocycles. The van der Waals surface area contributed by atoms with E-state index in [1.165, 1.54) is 5.56 Å². The molecule has 4 aromatic rings. The lowest BCUT2D eigenvalue weighted by molar-refractivity contribution is 0.0205. The summed E-state index contributed by atoms with van der Waals surface area (Å²) in [4.78, 5) is 18.8. The quantitative estimate of drug-likeness (QED) is 0.405. The van der Waals surface area contributed by atoms with Gasteiger partial charge in [-0.2, -0.15) is 5.26 Å². The third-order valence-corrected chi connectivity index (χ3v) is 6.58. The number of anilines is 1. The molecule has 1 aliphatic heterocycles. The topological polar surface area (TPSA) is 97.2 Å². The van der Waals surface area contributed by atoms with Crippen molar-refractivity contribution < 1.29 is 9.53 Å². The first-order valence-electron chi connectivity index (χ1n) is 11.9. The largest absolute Gasteiger partial charge is 0.444 e. The van der Waals surface area contributed by atoms with Crippen LogP contribution in [0.25, 0.3) is 27.5 Å². The van der Waals surface area contributed by atoms with Crippen LogP contribution in [0.2, 0.25) is 0 Å². The van der Waals surface area contributed by atoms with Gasteiger partial charge in [-0.3, -0.25) is 4.57 Å². The van der Waals surface area contributed by atoms with Gasteiger partial charge in [-0.1, -0.05) is 30.3 Å². The van der Waals surface area contributed by atoms with Crippen LogP contribution in [0.1, 0.15) is 50.7 Å². The molecule has 2 N–H and O–H groups in total. The maximum atomic E-state index is 12.4. The number of aromatic nitrogens is 2. The van der Waals surface area contributed by atoms with Crippen LogP contribution in [-0.2, 0) is 4.74 Å². The van der Waals surface area contributed by atoms with Gasteiger partial charge >= 0.3 is 6.09 Å². The highest BCUT2D eigenvalue weighted by molar-refractivity contribution is 5.96. The molecule has 0 bridgehead atoms. The highest BCUT2D eigenvalue weighted by Crippen LogP contribution is 2.34. The molecule has 1 aliphatic rings. The number of hydrogen-bond acceptors (Lipinski definition) is 5. The minimum Gasteiger partial charge on any atom is -0.444 e. The van der Waals surface area contributed by atoms with Gasteiger partial charge in [0.2, 0.25) is 5.95 Å². The maximum absolute atomic E-state index is 12.4. The molecule has 0 atom stereocenters. The van der Waals surface area contributed by atoms with Crippen LogP contribution in [-0.4, -0.2) is 39.2 Å². The first-order chi connectivity index (χ1) is 16.7. The van der Waals surface area contributed by atoms with E-state index >= 15 is 0 Å². The standard InChI is InChI=1S/C28H29N5O2/c1-28(2,3)35-27(34)32-14-12-18(13-15-32)19-8-10-23-25(16-19)33(26(30)31-23)24-11-9-20(17-29)21-6-4-5-7-22(21)24/h4-11,16,18H,12-15H2,1-3H3,(H2,30,31). The van der Waals surface area contributed by atoms with E-state index in [0.717, 1.165) is 40.3 Å². The number of nitriles is 1. The molecule has 5 rings (SSSR count). The van der Waals surface area contributed by atoms with E-state index in [9.17, 15) is 10.1 Å². The lowest BCUT2D eigenvalue weighted by atomic mass is 9.89. The lowest BCUT2D eigenvalue weighted by Gasteiger charge is -2.33. The summed E-state index contributed by atoms with van der Waals surface area (Å²) in [7, 11) is 0. The Labute approximate surface area is 204 Å². The first-order valence-corrected chi connectivity index (χ1v) is 11.9. The van der Waals surface area contributed by atoms with Crippen LogP contribution in [0, 0.1) is 11.3 Å². The van der Waals surface area contributed by atoms with Gasteiger partial charge in [0, 0.05) is 23.9 Å². The summed E-state index contributed by atoms with van der Waals surface area (Å²) in [6.45, 7) is 6.99. The summed E-state index contributed by atoms with van der Waals surface area (Å²) in [5, 5.41) is 11.4. The van der Waals surface area contributed by atoms with Crippen LogP contribution in [0.3, 0.4) is 0 Å². The smallest absolute Gasteiger partial charge is 0.410 e. The summed E-state index contributed by atoms with van der Waals surface area (Å²) >= 11 is 0.